The van der Waals surface area contributed by atoms with Gasteiger partial charge in [0.1, 0.15) is 0 Å². The number of likely N-dealkylation sites (N-methyl/N-ethyl adjacent to an activating group) is 1. The van der Waals surface area contributed by atoms with E-state index in [1.807, 2.05) is 0 Å². The van der Waals surface area contributed by atoms with Gasteiger partial charge in [0.25, 0.3) is 0 Å². The highest BCUT2D eigenvalue weighted by Gasteiger charge is 2.25. The van der Waals surface area contributed by atoms with Gasteiger partial charge in [-0.3, -0.25) is 4.99 Å². The van der Waals surface area contributed by atoms with Crippen molar-refractivity contribution in [3.05, 3.63) is 0 Å². The second-order valence-electron chi connectivity index (χ2n) is 6.62. The molecule has 0 aliphatic carbocycles. The molecule has 148 valence electrons. The van der Waals surface area contributed by atoms with Gasteiger partial charge in [0.2, 0.25) is 0 Å². The lowest BCUT2D eigenvalue weighted by atomic mass is 10.1. The molecule has 2 aliphatic heterocycles. The molecule has 2 fully saturated rings. The van der Waals surface area contributed by atoms with Crippen LogP contribution >= 0.6 is 24.0 Å². The van der Waals surface area contributed by atoms with Gasteiger partial charge in [-0.25, -0.2) is 0 Å². The first-order valence-corrected chi connectivity index (χ1v) is 9.13. The van der Waals surface area contributed by atoms with E-state index in [0.29, 0.717) is 19.1 Å². The van der Waals surface area contributed by atoms with Crippen LogP contribution in [-0.4, -0.2) is 102 Å². The molecule has 8 heteroatoms. The fourth-order valence-electron chi connectivity index (χ4n) is 3.14. The summed E-state index contributed by atoms with van der Waals surface area (Å²) in [6.45, 7) is 10.7. The number of morpholine rings is 1. The van der Waals surface area contributed by atoms with E-state index >= 15 is 0 Å². The van der Waals surface area contributed by atoms with E-state index in [9.17, 15) is 0 Å². The summed E-state index contributed by atoms with van der Waals surface area (Å²) >= 11 is 0. The number of methoxy groups -OCH3 is 1. The Labute approximate surface area is 169 Å². The summed E-state index contributed by atoms with van der Waals surface area (Å²) in [5, 5.41) is 3.42. The molecule has 0 aromatic carbocycles. The van der Waals surface area contributed by atoms with Crippen molar-refractivity contribution in [1.82, 2.24) is 15.1 Å². The molecule has 2 rings (SSSR count). The third-order valence-corrected chi connectivity index (χ3v) is 4.49. The Morgan fingerprint density at radius 1 is 1.28 bits per heavy atom. The fraction of sp³-hybridized carbons (Fsp3) is 0.941. The molecular weight excluding hydrogens is 435 g/mol. The first-order chi connectivity index (χ1) is 11.7. The molecule has 1 N–H and O–H groups in total. The molecule has 2 saturated heterocycles. The number of nitrogens with one attached hydrogen (secondary N) is 1. The normalized spacial score (nSPS) is 25.1. The molecule has 2 unspecified atom stereocenters. The SMILES string of the molecule is CCNC(=NCC1CN(C)CCO1)N1CCC(COCCOC)C1.I. The van der Waals surface area contributed by atoms with Crippen molar-refractivity contribution >= 4 is 29.9 Å². The highest BCUT2D eigenvalue weighted by Crippen LogP contribution is 2.17. The maximum atomic E-state index is 5.81. The van der Waals surface area contributed by atoms with Crippen LogP contribution in [0.25, 0.3) is 0 Å². The minimum absolute atomic E-state index is 0. The zero-order chi connectivity index (χ0) is 17.2. The number of nitrogens with zero attached hydrogens (tertiary/aromatic N) is 3. The Morgan fingerprint density at radius 3 is 2.84 bits per heavy atom. The van der Waals surface area contributed by atoms with Gasteiger partial charge in [0, 0.05) is 45.8 Å². The Bertz CT molecular complexity index is 387. The van der Waals surface area contributed by atoms with Crippen molar-refractivity contribution in [2.24, 2.45) is 10.9 Å². The van der Waals surface area contributed by atoms with Crippen LogP contribution in [0.5, 0.6) is 0 Å². The summed E-state index contributed by atoms with van der Waals surface area (Å²) in [5.74, 6) is 1.58. The van der Waals surface area contributed by atoms with Crippen molar-refractivity contribution in [2.75, 3.05) is 79.9 Å². The zero-order valence-electron chi connectivity index (χ0n) is 15.9. The Morgan fingerprint density at radius 2 is 2.12 bits per heavy atom. The summed E-state index contributed by atoms with van der Waals surface area (Å²) in [6.07, 6.45) is 1.35. The van der Waals surface area contributed by atoms with E-state index in [-0.39, 0.29) is 30.1 Å². The van der Waals surface area contributed by atoms with Crippen molar-refractivity contribution in [2.45, 2.75) is 19.4 Å². The number of hydrogen-bond acceptors (Lipinski definition) is 5. The molecule has 2 heterocycles. The lowest BCUT2D eigenvalue weighted by molar-refractivity contribution is -0.0137. The maximum Gasteiger partial charge on any atom is 0.194 e. The summed E-state index contributed by atoms with van der Waals surface area (Å²) in [6, 6.07) is 0. The summed E-state index contributed by atoms with van der Waals surface area (Å²) in [5.41, 5.74) is 0. The minimum Gasteiger partial charge on any atom is -0.382 e. The molecule has 0 aromatic heterocycles. The Balaban J connectivity index is 0.00000312. The van der Waals surface area contributed by atoms with Crippen LogP contribution in [0.15, 0.2) is 4.99 Å². The van der Waals surface area contributed by atoms with Crippen LogP contribution in [0, 0.1) is 5.92 Å². The van der Waals surface area contributed by atoms with Crippen LogP contribution in [0.2, 0.25) is 0 Å². The van der Waals surface area contributed by atoms with E-state index in [0.717, 1.165) is 64.9 Å². The topological polar surface area (TPSA) is 58.6 Å². The summed E-state index contributed by atoms with van der Waals surface area (Å²) < 4.78 is 16.5. The number of ether oxygens (including phenoxy) is 3. The van der Waals surface area contributed by atoms with E-state index < -0.39 is 0 Å². The third kappa shape index (κ3) is 8.38. The summed E-state index contributed by atoms with van der Waals surface area (Å²) in [4.78, 5) is 9.47. The lowest BCUT2D eigenvalue weighted by Gasteiger charge is -2.29. The zero-order valence-corrected chi connectivity index (χ0v) is 18.2. The van der Waals surface area contributed by atoms with Crippen LogP contribution in [0.4, 0.5) is 0 Å². The molecule has 0 saturated carbocycles. The maximum absolute atomic E-state index is 5.81. The van der Waals surface area contributed by atoms with Crippen molar-refractivity contribution in [3.63, 3.8) is 0 Å². The van der Waals surface area contributed by atoms with Crippen LogP contribution < -0.4 is 5.32 Å². The number of hydrogen-bond donors (Lipinski definition) is 1. The van der Waals surface area contributed by atoms with Crippen LogP contribution in [-0.2, 0) is 14.2 Å². The van der Waals surface area contributed by atoms with Gasteiger partial charge in [-0.15, -0.1) is 24.0 Å². The first-order valence-electron chi connectivity index (χ1n) is 9.13. The fourth-order valence-corrected chi connectivity index (χ4v) is 3.14. The molecule has 2 atom stereocenters. The van der Waals surface area contributed by atoms with Crippen molar-refractivity contribution in [1.29, 1.82) is 0 Å². The predicted octanol–water partition coefficient (Wildman–Crippen LogP) is 0.885. The van der Waals surface area contributed by atoms with Crippen LogP contribution in [0.3, 0.4) is 0 Å². The predicted molar refractivity (Wildman–Crippen MR) is 111 cm³/mol. The highest BCUT2D eigenvalue weighted by atomic mass is 127. The van der Waals surface area contributed by atoms with E-state index in [2.05, 4.69) is 29.1 Å². The second kappa shape index (κ2) is 13.1. The van der Waals surface area contributed by atoms with Gasteiger partial charge in [-0.2, -0.15) is 0 Å². The van der Waals surface area contributed by atoms with E-state index in [1.54, 1.807) is 7.11 Å². The molecule has 2 aliphatic rings. The quantitative estimate of drug-likeness (QED) is 0.246. The molecule has 0 aromatic rings. The van der Waals surface area contributed by atoms with Crippen LogP contribution in [0.1, 0.15) is 13.3 Å². The van der Waals surface area contributed by atoms with Gasteiger partial charge in [0.05, 0.1) is 39.1 Å². The van der Waals surface area contributed by atoms with Gasteiger partial charge < -0.3 is 29.3 Å². The number of aliphatic imine (C=N–C) groups is 1. The summed E-state index contributed by atoms with van der Waals surface area (Å²) in [7, 11) is 3.84. The molecular formula is C17H35IN4O3. The number of rotatable bonds is 8. The molecule has 0 spiro atoms. The average Bonchev–Trinajstić information content (AvgIpc) is 3.04. The third-order valence-electron chi connectivity index (χ3n) is 4.49. The number of guanidine groups is 1. The molecule has 0 amide bonds. The first kappa shape index (κ1) is 22.9. The van der Waals surface area contributed by atoms with Gasteiger partial charge >= 0.3 is 0 Å². The van der Waals surface area contributed by atoms with Crippen molar-refractivity contribution < 1.29 is 14.2 Å². The lowest BCUT2D eigenvalue weighted by Crippen LogP contribution is -2.44. The van der Waals surface area contributed by atoms with Gasteiger partial charge in [0.15, 0.2) is 5.96 Å². The van der Waals surface area contributed by atoms with E-state index in [1.165, 1.54) is 0 Å². The molecule has 25 heavy (non-hydrogen) atoms. The molecule has 0 radical (unpaired) electrons. The number of likely N-dealkylation sites (tertiary alicyclic amines) is 1. The standard InChI is InChI=1S/C17H34N4O3.HI/c1-4-18-17(19-11-16-13-20(2)7-8-24-16)21-6-5-15(12-21)14-23-10-9-22-3;/h15-16H,4-14H2,1-3H3,(H,18,19);1H. The second-order valence-corrected chi connectivity index (χ2v) is 6.62. The monoisotopic (exact) mass is 470 g/mol. The highest BCUT2D eigenvalue weighted by molar-refractivity contribution is 14.0. The van der Waals surface area contributed by atoms with E-state index in [4.69, 9.17) is 19.2 Å². The largest absolute Gasteiger partial charge is 0.382 e. The van der Waals surface area contributed by atoms with Gasteiger partial charge in [-0.1, -0.05) is 0 Å². The molecule has 0 bridgehead atoms. The molecule has 7 nitrogen and oxygen atoms in total. The Kier molecular flexibility index (Phi) is 12.0. The van der Waals surface area contributed by atoms with Gasteiger partial charge in [-0.05, 0) is 20.4 Å². The number of halogens is 1. The Hall–Kier alpha value is -0.160. The smallest absolute Gasteiger partial charge is 0.194 e. The average molecular weight is 470 g/mol. The minimum atomic E-state index is 0. The van der Waals surface area contributed by atoms with Crippen molar-refractivity contribution in [3.8, 4) is 0 Å².